The number of nitrogens with zero attached hydrogens (tertiary/aromatic N) is 7. The lowest BCUT2D eigenvalue weighted by atomic mass is 9.94. The molecule has 0 saturated carbocycles. The molecule has 3 amide bonds. The van der Waals surface area contributed by atoms with Crippen LogP contribution < -0.4 is 15.1 Å². The van der Waals surface area contributed by atoms with E-state index in [2.05, 4.69) is 34.5 Å². The van der Waals surface area contributed by atoms with Crippen LogP contribution in [0.1, 0.15) is 55.5 Å². The molecule has 0 radical (unpaired) electrons. The summed E-state index contributed by atoms with van der Waals surface area (Å²) in [5.74, 6) is -6.14. The van der Waals surface area contributed by atoms with E-state index in [4.69, 9.17) is 0 Å². The summed E-state index contributed by atoms with van der Waals surface area (Å²) in [6.07, 6.45) is -7.19. The number of halogens is 9. The third kappa shape index (κ3) is 12.4. The zero-order valence-electron chi connectivity index (χ0n) is 36.1. The number of rotatable bonds is 10. The van der Waals surface area contributed by atoms with Gasteiger partial charge in [0.1, 0.15) is 11.6 Å². The van der Waals surface area contributed by atoms with Crippen molar-refractivity contribution < 1.29 is 58.3 Å². The zero-order chi connectivity index (χ0) is 47.9. The molecule has 0 spiro atoms. The van der Waals surface area contributed by atoms with Crippen LogP contribution >= 0.6 is 12.4 Å². The molecule has 2 saturated heterocycles. The first-order valence-corrected chi connectivity index (χ1v) is 21.0. The van der Waals surface area contributed by atoms with Gasteiger partial charge in [0.15, 0.2) is 0 Å². The van der Waals surface area contributed by atoms with Crippen LogP contribution in [0.25, 0.3) is 22.9 Å². The number of hydrogen-bond donors (Lipinski definition) is 1. The van der Waals surface area contributed by atoms with Gasteiger partial charge in [-0.25, -0.2) is 8.78 Å². The summed E-state index contributed by atoms with van der Waals surface area (Å²) in [7, 11) is 0. The highest BCUT2D eigenvalue weighted by atomic mass is 35.5. The predicted molar refractivity (Wildman–Crippen MR) is 232 cm³/mol. The first kappa shape index (κ1) is 50.7. The Labute approximate surface area is 389 Å². The molecule has 8 rings (SSSR count). The second-order valence-electron chi connectivity index (χ2n) is 15.8. The van der Waals surface area contributed by atoms with Crippen LogP contribution in [0.3, 0.4) is 0 Å². The van der Waals surface area contributed by atoms with Crippen molar-refractivity contribution in [2.45, 2.75) is 58.0 Å². The van der Waals surface area contributed by atoms with Crippen molar-refractivity contribution in [1.82, 2.24) is 30.6 Å². The Morgan fingerprint density at radius 2 is 1.01 bits per heavy atom. The number of amides is 3. The summed E-state index contributed by atoms with van der Waals surface area (Å²) in [4.78, 5) is 43.0. The Balaban J connectivity index is 0.000000221. The maximum Gasteiger partial charge on any atom is 0.470 e. The molecule has 6 aromatic rings. The second kappa shape index (κ2) is 21.9. The average molecular weight is 975 g/mol. The van der Waals surface area contributed by atoms with Crippen LogP contribution in [0.15, 0.2) is 106 Å². The van der Waals surface area contributed by atoms with Gasteiger partial charge in [0, 0.05) is 65.5 Å². The van der Waals surface area contributed by atoms with E-state index >= 15 is 4.39 Å². The number of hydrogen-bond acceptors (Lipinski definition) is 10. The molecule has 2 aliphatic heterocycles. The van der Waals surface area contributed by atoms with Gasteiger partial charge in [-0.1, -0.05) is 48.5 Å². The Morgan fingerprint density at radius 1 is 0.618 bits per heavy atom. The number of likely N-dealkylation sites (tertiary alicyclic amines) is 1. The lowest BCUT2D eigenvalue weighted by Crippen LogP contribution is -2.43. The maximum atomic E-state index is 15.0. The minimum Gasteiger partial charge on any atom is -0.413 e. The molecule has 13 nitrogen and oxygen atoms in total. The van der Waals surface area contributed by atoms with Gasteiger partial charge < -0.3 is 28.9 Å². The van der Waals surface area contributed by atoms with Gasteiger partial charge in [0.05, 0.1) is 13.1 Å². The number of carbonyl (C=O) groups excluding carboxylic acids is 3. The number of piperidine rings is 2. The molecular weight excluding hydrogens is 932 g/mol. The van der Waals surface area contributed by atoms with E-state index < -0.39 is 47.5 Å². The van der Waals surface area contributed by atoms with Crippen LogP contribution in [-0.4, -0.2) is 69.2 Å². The standard InChI is InChI=1S/C24H22F4N4O3.C22H20F4N4O2.ClH/c1-15(33)31-11-9-16(10-12-31)22(34)32(19-5-3-2-4-6-19)14-18-8-7-17(13-20(18)25)21-29-30-23(35-21)24(26,27)28;23-18-12-15(19-28-29-21(32-19)22(24,25)26)6-7-16(18)13-30(17-4-2-1-3-5-17)20(31)14-8-10-27-11-9-14;/h2-8,13,16H,9-12,14H2,1H3;1-7,12,14,27H,8-11,13H2;1H. The van der Waals surface area contributed by atoms with Gasteiger partial charge in [-0.3, -0.25) is 14.4 Å². The summed E-state index contributed by atoms with van der Waals surface area (Å²) in [6, 6.07) is 25.4. The normalized spacial score (nSPS) is 14.6. The van der Waals surface area contributed by atoms with Crippen molar-refractivity contribution in [2.24, 2.45) is 11.8 Å². The summed E-state index contributed by atoms with van der Waals surface area (Å²) < 4.78 is 115. The molecule has 0 bridgehead atoms. The molecule has 0 aliphatic carbocycles. The highest BCUT2D eigenvalue weighted by Crippen LogP contribution is 2.34. The number of alkyl halides is 6. The summed E-state index contributed by atoms with van der Waals surface area (Å²) in [6.45, 7) is 3.82. The number of benzene rings is 4. The number of para-hydroxylation sites is 2. The van der Waals surface area contributed by atoms with Gasteiger partial charge in [-0.05, 0) is 87.3 Å². The topological polar surface area (TPSA) is 151 Å². The molecule has 0 atom stereocenters. The molecule has 4 heterocycles. The fourth-order valence-electron chi connectivity index (χ4n) is 7.63. The molecule has 22 heteroatoms. The minimum absolute atomic E-state index is 0. The van der Waals surface area contributed by atoms with Crippen molar-refractivity contribution in [1.29, 1.82) is 0 Å². The van der Waals surface area contributed by atoms with Gasteiger partial charge in [0.25, 0.3) is 0 Å². The Morgan fingerprint density at radius 3 is 1.37 bits per heavy atom. The highest BCUT2D eigenvalue weighted by molar-refractivity contribution is 5.96. The van der Waals surface area contributed by atoms with E-state index in [0.29, 0.717) is 50.1 Å². The Hall–Kier alpha value is -6.74. The fraction of sp³-hybridized carbons (Fsp3) is 0.326. The van der Waals surface area contributed by atoms with Crippen molar-refractivity contribution in [3.05, 3.63) is 132 Å². The third-order valence-electron chi connectivity index (χ3n) is 11.2. The van der Waals surface area contributed by atoms with Gasteiger partial charge in [-0.15, -0.1) is 32.8 Å². The van der Waals surface area contributed by atoms with Gasteiger partial charge >= 0.3 is 24.1 Å². The van der Waals surface area contributed by atoms with Crippen molar-refractivity contribution in [3.8, 4) is 22.9 Å². The smallest absolute Gasteiger partial charge is 0.413 e. The zero-order valence-corrected chi connectivity index (χ0v) is 36.9. The lowest BCUT2D eigenvalue weighted by molar-refractivity contribution is -0.157. The average Bonchev–Trinajstić information content (AvgIpc) is 4.04. The Bertz CT molecular complexity index is 2650. The van der Waals surface area contributed by atoms with E-state index in [1.165, 1.54) is 36.1 Å². The molecule has 2 fully saturated rings. The molecule has 360 valence electrons. The van der Waals surface area contributed by atoms with E-state index in [1.807, 2.05) is 6.07 Å². The van der Waals surface area contributed by atoms with E-state index in [9.17, 15) is 45.1 Å². The predicted octanol–water partition coefficient (Wildman–Crippen LogP) is 9.54. The second-order valence-corrected chi connectivity index (χ2v) is 15.8. The third-order valence-corrected chi connectivity index (χ3v) is 11.2. The van der Waals surface area contributed by atoms with Crippen LogP contribution in [0, 0.1) is 23.5 Å². The van der Waals surface area contributed by atoms with E-state index in [1.54, 1.807) is 64.4 Å². The molecular formula is C46H43ClF8N8O5. The van der Waals surface area contributed by atoms with E-state index in [0.717, 1.165) is 25.2 Å². The van der Waals surface area contributed by atoms with Crippen molar-refractivity contribution in [3.63, 3.8) is 0 Å². The van der Waals surface area contributed by atoms with Crippen LogP contribution in [0.5, 0.6) is 0 Å². The maximum absolute atomic E-state index is 15.0. The largest absolute Gasteiger partial charge is 0.470 e. The molecule has 0 unspecified atom stereocenters. The van der Waals surface area contributed by atoms with Gasteiger partial charge in [0.2, 0.25) is 29.5 Å². The number of anilines is 2. The van der Waals surface area contributed by atoms with E-state index in [-0.39, 0.29) is 77.3 Å². The molecule has 68 heavy (non-hydrogen) atoms. The first-order chi connectivity index (χ1) is 32.0. The SMILES string of the molecule is CC(=O)N1CCC(C(=O)N(Cc2ccc(-c3nnc(C(F)(F)F)o3)cc2F)c2ccccc2)CC1.Cl.O=C(C1CCNCC1)N(Cc1ccc(-c2nnc(C(F)(F)F)o2)cc1F)c1ccccc1. The Kier molecular flexibility index (Phi) is 16.3. The lowest BCUT2D eigenvalue weighted by Gasteiger charge is -2.34. The first-order valence-electron chi connectivity index (χ1n) is 21.0. The van der Waals surface area contributed by atoms with Gasteiger partial charge in [-0.2, -0.15) is 26.3 Å². The fourth-order valence-corrected chi connectivity index (χ4v) is 7.63. The minimum atomic E-state index is -4.80. The van der Waals surface area contributed by atoms with Crippen molar-refractivity contribution >= 4 is 41.5 Å². The summed E-state index contributed by atoms with van der Waals surface area (Å²) in [5.41, 5.74) is 1.62. The molecule has 2 aliphatic rings. The summed E-state index contributed by atoms with van der Waals surface area (Å²) >= 11 is 0. The van der Waals surface area contributed by atoms with Crippen LogP contribution in [0.4, 0.5) is 46.5 Å². The molecule has 1 N–H and O–H groups in total. The van der Waals surface area contributed by atoms with Crippen molar-refractivity contribution in [2.75, 3.05) is 36.0 Å². The number of nitrogens with one attached hydrogen (secondary N) is 1. The highest BCUT2D eigenvalue weighted by Gasteiger charge is 2.39. The quantitative estimate of drug-likeness (QED) is 0.132. The molecule has 2 aromatic heterocycles. The summed E-state index contributed by atoms with van der Waals surface area (Å²) in [5, 5.41) is 15.8. The monoisotopic (exact) mass is 974 g/mol. The number of aromatic nitrogens is 4. The van der Waals surface area contributed by atoms with Crippen LogP contribution in [-0.2, 0) is 39.8 Å². The molecule has 4 aromatic carbocycles. The number of carbonyl (C=O) groups is 3. The van der Waals surface area contributed by atoms with Crippen LogP contribution in [0.2, 0.25) is 0 Å².